The van der Waals surface area contributed by atoms with Crippen molar-refractivity contribution in [1.29, 1.82) is 0 Å². The molecule has 4 rings (SSSR count). The van der Waals surface area contributed by atoms with Crippen molar-refractivity contribution in [2.75, 3.05) is 44.2 Å². The van der Waals surface area contributed by atoms with E-state index in [0.717, 1.165) is 51.4 Å². The number of thiophene rings is 1. The van der Waals surface area contributed by atoms with E-state index < -0.39 is 10.0 Å². The van der Waals surface area contributed by atoms with Crippen LogP contribution < -0.4 is 4.90 Å². The van der Waals surface area contributed by atoms with Crippen LogP contribution >= 0.6 is 11.3 Å². The first-order valence-electron chi connectivity index (χ1n) is 9.09. The van der Waals surface area contributed by atoms with E-state index in [1.54, 1.807) is 21.7 Å². The Morgan fingerprint density at radius 1 is 1.00 bits per heavy atom. The third kappa shape index (κ3) is 3.78. The molecule has 2 saturated heterocycles. The number of anilines is 1. The molecule has 6 nitrogen and oxygen atoms in total. The molecule has 0 unspecified atom stereocenters. The normalized spacial score (nSPS) is 19.9. The first-order chi connectivity index (χ1) is 12.6. The van der Waals surface area contributed by atoms with Crippen LogP contribution in [0, 0.1) is 0 Å². The molecule has 0 atom stereocenters. The Hall–Kier alpha value is -1.48. The molecule has 0 aromatic carbocycles. The second kappa shape index (κ2) is 7.64. The number of aromatic nitrogens is 1. The van der Waals surface area contributed by atoms with E-state index in [1.807, 2.05) is 6.07 Å². The van der Waals surface area contributed by atoms with E-state index in [2.05, 4.69) is 32.3 Å². The molecule has 4 heterocycles. The first-order valence-corrected chi connectivity index (χ1v) is 11.4. The fraction of sp³-hybridized carbons (Fsp3) is 0.500. The van der Waals surface area contributed by atoms with Crippen LogP contribution in [0.2, 0.25) is 0 Å². The van der Waals surface area contributed by atoms with Crippen LogP contribution in [0.3, 0.4) is 0 Å². The Morgan fingerprint density at radius 2 is 1.77 bits per heavy atom. The summed E-state index contributed by atoms with van der Waals surface area (Å²) in [4.78, 5) is 10.8. The van der Waals surface area contributed by atoms with Crippen molar-refractivity contribution >= 4 is 27.2 Å². The van der Waals surface area contributed by atoms with Gasteiger partial charge in [0.15, 0.2) is 0 Å². The zero-order chi connectivity index (χ0) is 18.0. The van der Waals surface area contributed by atoms with Crippen LogP contribution in [0.15, 0.2) is 40.7 Å². The van der Waals surface area contributed by atoms with Gasteiger partial charge in [-0.15, -0.1) is 11.3 Å². The summed E-state index contributed by atoms with van der Waals surface area (Å²) in [6.45, 7) is 6.06. The SMILES string of the molecule is O=S(=O)(c1ccc(N2CCN(Cc3cccs3)CC2)nc1)N1CCCC1. The van der Waals surface area contributed by atoms with Crippen molar-refractivity contribution in [3.8, 4) is 0 Å². The maximum absolute atomic E-state index is 12.6. The Bertz CT molecular complexity index is 807. The molecule has 2 aromatic rings. The van der Waals surface area contributed by atoms with Crippen LogP contribution in [0.1, 0.15) is 17.7 Å². The van der Waals surface area contributed by atoms with Crippen LogP contribution in [0.25, 0.3) is 0 Å². The third-order valence-electron chi connectivity index (χ3n) is 5.08. The standard InChI is InChI=1S/C18H24N4O2S2/c23-26(24,22-7-1-2-8-22)17-5-6-18(19-14-17)21-11-9-20(10-12-21)15-16-4-3-13-25-16/h3-6,13-14H,1-2,7-12,15H2. The summed E-state index contributed by atoms with van der Waals surface area (Å²) in [5, 5.41) is 2.12. The van der Waals surface area contributed by atoms with Gasteiger partial charge in [-0.3, -0.25) is 4.90 Å². The maximum Gasteiger partial charge on any atom is 0.244 e. The molecule has 8 heteroatoms. The number of rotatable bonds is 5. The summed E-state index contributed by atoms with van der Waals surface area (Å²) < 4.78 is 26.7. The van der Waals surface area contributed by atoms with E-state index >= 15 is 0 Å². The van der Waals surface area contributed by atoms with E-state index in [9.17, 15) is 8.42 Å². The van der Waals surface area contributed by atoms with Crippen molar-refractivity contribution < 1.29 is 8.42 Å². The molecular weight excluding hydrogens is 368 g/mol. The molecule has 0 bridgehead atoms. The van der Waals surface area contributed by atoms with Gasteiger partial charge >= 0.3 is 0 Å². The predicted molar refractivity (Wildman–Crippen MR) is 104 cm³/mol. The Balaban J connectivity index is 1.37. The Kier molecular flexibility index (Phi) is 5.26. The minimum absolute atomic E-state index is 0.305. The molecule has 140 valence electrons. The highest BCUT2D eigenvalue weighted by Crippen LogP contribution is 2.22. The molecule has 2 fully saturated rings. The van der Waals surface area contributed by atoms with Gasteiger partial charge in [-0.05, 0) is 36.4 Å². The van der Waals surface area contributed by atoms with E-state index in [-0.39, 0.29) is 0 Å². The average molecular weight is 393 g/mol. The summed E-state index contributed by atoms with van der Waals surface area (Å²) in [7, 11) is -3.38. The van der Waals surface area contributed by atoms with Crippen LogP contribution in [0.5, 0.6) is 0 Å². The number of sulfonamides is 1. The summed E-state index contributed by atoms with van der Waals surface area (Å²) in [5.74, 6) is 0.862. The fourth-order valence-corrected chi connectivity index (χ4v) is 5.76. The largest absolute Gasteiger partial charge is 0.354 e. The second-order valence-corrected chi connectivity index (χ2v) is 9.78. The first kappa shape index (κ1) is 17.9. The molecule has 2 aromatic heterocycles. The number of hydrogen-bond donors (Lipinski definition) is 0. The topological polar surface area (TPSA) is 56.8 Å². The molecule has 2 aliphatic heterocycles. The lowest BCUT2D eigenvalue weighted by atomic mass is 10.3. The minimum Gasteiger partial charge on any atom is -0.354 e. The van der Waals surface area contributed by atoms with Crippen LogP contribution in [-0.4, -0.2) is 61.9 Å². The van der Waals surface area contributed by atoms with Gasteiger partial charge in [0.1, 0.15) is 10.7 Å². The summed E-state index contributed by atoms with van der Waals surface area (Å²) >= 11 is 1.80. The molecule has 0 N–H and O–H groups in total. The Morgan fingerprint density at radius 3 is 2.38 bits per heavy atom. The molecule has 0 saturated carbocycles. The summed E-state index contributed by atoms with van der Waals surface area (Å²) in [5.41, 5.74) is 0. The molecule has 0 spiro atoms. The maximum atomic E-state index is 12.6. The van der Waals surface area contributed by atoms with Gasteiger partial charge < -0.3 is 4.90 Å². The number of nitrogens with zero attached hydrogens (tertiary/aromatic N) is 4. The van der Waals surface area contributed by atoms with Crippen molar-refractivity contribution in [1.82, 2.24) is 14.2 Å². The van der Waals surface area contributed by atoms with E-state index in [1.165, 1.54) is 11.1 Å². The van der Waals surface area contributed by atoms with Gasteiger partial charge in [-0.25, -0.2) is 13.4 Å². The van der Waals surface area contributed by atoms with Gasteiger partial charge in [0.05, 0.1) is 0 Å². The molecule has 0 radical (unpaired) electrons. The summed E-state index contributed by atoms with van der Waals surface area (Å²) in [6, 6.07) is 7.82. The Labute approximate surface area is 159 Å². The van der Waals surface area contributed by atoms with Crippen molar-refractivity contribution in [3.63, 3.8) is 0 Å². The van der Waals surface area contributed by atoms with E-state index in [0.29, 0.717) is 18.0 Å². The molecule has 0 aliphatic carbocycles. The minimum atomic E-state index is -3.38. The van der Waals surface area contributed by atoms with Gasteiger partial charge in [0.2, 0.25) is 10.0 Å². The quantitative estimate of drug-likeness (QED) is 0.781. The van der Waals surface area contributed by atoms with Gasteiger partial charge in [-0.1, -0.05) is 6.07 Å². The monoisotopic (exact) mass is 392 g/mol. The molecule has 2 aliphatic rings. The zero-order valence-corrected chi connectivity index (χ0v) is 16.4. The highest BCUT2D eigenvalue weighted by Gasteiger charge is 2.27. The van der Waals surface area contributed by atoms with Gasteiger partial charge in [0.25, 0.3) is 0 Å². The third-order valence-corrected chi connectivity index (χ3v) is 7.82. The van der Waals surface area contributed by atoms with Crippen molar-refractivity contribution in [2.24, 2.45) is 0 Å². The highest BCUT2D eigenvalue weighted by atomic mass is 32.2. The lowest BCUT2D eigenvalue weighted by Crippen LogP contribution is -2.46. The number of pyridine rings is 1. The second-order valence-electron chi connectivity index (χ2n) is 6.81. The van der Waals surface area contributed by atoms with Crippen LogP contribution in [0.4, 0.5) is 5.82 Å². The average Bonchev–Trinajstić information content (AvgIpc) is 3.37. The van der Waals surface area contributed by atoms with Crippen LogP contribution in [-0.2, 0) is 16.6 Å². The lowest BCUT2D eigenvalue weighted by Gasteiger charge is -2.35. The zero-order valence-electron chi connectivity index (χ0n) is 14.7. The molecular formula is C18H24N4O2S2. The van der Waals surface area contributed by atoms with Gasteiger partial charge in [0, 0.05) is 56.9 Å². The fourth-order valence-electron chi connectivity index (χ4n) is 3.55. The highest BCUT2D eigenvalue weighted by molar-refractivity contribution is 7.89. The van der Waals surface area contributed by atoms with Crippen molar-refractivity contribution in [2.45, 2.75) is 24.3 Å². The van der Waals surface area contributed by atoms with Gasteiger partial charge in [-0.2, -0.15) is 4.31 Å². The number of hydrogen-bond acceptors (Lipinski definition) is 6. The van der Waals surface area contributed by atoms with E-state index in [4.69, 9.17) is 0 Å². The smallest absolute Gasteiger partial charge is 0.244 e. The van der Waals surface area contributed by atoms with Crippen molar-refractivity contribution in [3.05, 3.63) is 40.7 Å². The lowest BCUT2D eigenvalue weighted by molar-refractivity contribution is 0.251. The molecule has 0 amide bonds. The summed E-state index contributed by atoms with van der Waals surface area (Å²) in [6.07, 6.45) is 3.40. The molecule has 26 heavy (non-hydrogen) atoms. The number of piperazine rings is 1. The predicted octanol–water partition coefficient (Wildman–Crippen LogP) is 2.25.